The second-order valence-corrected chi connectivity index (χ2v) is 1.81. The van der Waals surface area contributed by atoms with E-state index in [1.807, 2.05) is 0 Å². The van der Waals surface area contributed by atoms with Crippen LogP contribution in [-0.2, 0) is 24.5 Å². The van der Waals surface area contributed by atoms with Gasteiger partial charge in [0, 0.05) is 0 Å². The molecule has 0 N–H and O–H groups in total. The Morgan fingerprint density at radius 3 is 1.00 bits per heavy atom. The third-order valence-corrected chi connectivity index (χ3v) is 0. The normalized spacial score (nSPS) is 6.75. The molecular weight excluding hydrogens is 280 g/mol. The van der Waals surface area contributed by atoms with Crippen LogP contribution < -0.4 is 147 Å². The fourth-order valence-corrected chi connectivity index (χ4v) is 0. The Morgan fingerprint density at radius 2 is 1.00 bits per heavy atom. The van der Waals surface area contributed by atoms with E-state index >= 15 is 0 Å². The quantitative estimate of drug-likeness (QED) is 0.401. The van der Waals surface area contributed by atoms with E-state index in [0.717, 1.165) is 0 Å². The summed E-state index contributed by atoms with van der Waals surface area (Å²) in [5.41, 5.74) is 0. The van der Waals surface area contributed by atoms with Gasteiger partial charge >= 0.3 is 161 Å². The van der Waals surface area contributed by atoms with Crippen molar-refractivity contribution in [2.75, 3.05) is 0 Å². The predicted octanol–water partition coefficient (Wildman–Crippen LogP) is -13.0. The zero-order valence-corrected chi connectivity index (χ0v) is 16.2. The van der Waals surface area contributed by atoms with E-state index in [2.05, 4.69) is 0 Å². The summed E-state index contributed by atoms with van der Waals surface area (Å²) in [6.07, 6.45) is -2.33. The molecule has 12 heavy (non-hydrogen) atoms. The van der Waals surface area contributed by atoms with Gasteiger partial charge in [0.15, 0.2) is 0 Å². The summed E-state index contributed by atoms with van der Waals surface area (Å²) in [6.45, 7) is 0. The molecule has 0 aromatic rings. The Morgan fingerprint density at radius 1 is 1.00 bits per heavy atom. The molecule has 0 atom stereocenters. The van der Waals surface area contributed by atoms with Gasteiger partial charge in [0.2, 0.25) is 0 Å². The molecule has 0 aliphatic carbocycles. The minimum absolute atomic E-state index is 0. The standard InChI is InChI=1S/CH2O3.2K.Mn.Na.4O/c2-1(3)4;;;;;;;;/h(H2,2,3,4);;;;;;;;/q;2*+1;;+1;;;;-1/p-2. The van der Waals surface area contributed by atoms with Gasteiger partial charge in [0.1, 0.15) is 0 Å². The molecule has 0 saturated heterocycles. The van der Waals surface area contributed by atoms with Crippen molar-refractivity contribution in [1.82, 2.24) is 0 Å². The predicted molar refractivity (Wildman–Crippen MR) is 7.46 cm³/mol. The first-order valence-electron chi connectivity index (χ1n) is 1.23. The maximum absolute atomic E-state index is 8.58. The summed E-state index contributed by atoms with van der Waals surface area (Å²) in [6, 6.07) is 0. The molecule has 0 unspecified atom stereocenters. The summed E-state index contributed by atoms with van der Waals surface area (Å²) in [5, 5.41) is 16.7. The number of hydrogen-bond acceptors (Lipinski definition) is 7. The third kappa shape index (κ3) is 177. The second-order valence-electron chi connectivity index (χ2n) is 0.628. The topological polar surface area (TPSA) is 137 Å². The van der Waals surface area contributed by atoms with Gasteiger partial charge in [-0.25, -0.2) is 0 Å². The first-order chi connectivity index (χ1) is 3.73. The van der Waals surface area contributed by atoms with Crippen molar-refractivity contribution < 1.29 is 176 Å². The van der Waals surface area contributed by atoms with Crippen LogP contribution in [0.5, 0.6) is 0 Å². The molecule has 0 spiro atoms. The van der Waals surface area contributed by atoms with E-state index in [0.29, 0.717) is 0 Å². The zero-order valence-electron chi connectivity index (χ0n) is 6.74. The molecule has 56 valence electrons. The molecule has 0 saturated carbocycles. The van der Waals surface area contributed by atoms with Gasteiger partial charge in [-0.05, 0) is 6.16 Å². The van der Waals surface area contributed by atoms with Gasteiger partial charge in [-0.3, -0.25) is 0 Å². The SMILES string of the molecule is O=C([O-])[O-].[K+].[K+].[Na+].[O]=[Mn](=[O])(=[O])[O-]. The zero-order chi connectivity index (χ0) is 8.08. The van der Waals surface area contributed by atoms with Gasteiger partial charge in [0.05, 0.1) is 0 Å². The summed E-state index contributed by atoms with van der Waals surface area (Å²) in [4.78, 5) is 8.33. The first-order valence-corrected chi connectivity index (χ1v) is 3.16. The van der Waals surface area contributed by atoms with Crippen LogP contribution in [0.2, 0.25) is 0 Å². The monoisotopic (exact) mass is 280 g/mol. The average Bonchev–Trinajstić information content (AvgIpc) is 1.19. The van der Waals surface area contributed by atoms with Crippen molar-refractivity contribution in [2.45, 2.75) is 0 Å². The summed E-state index contributed by atoms with van der Waals surface area (Å²) in [5.74, 6) is 0. The van der Waals surface area contributed by atoms with Crippen LogP contribution in [0, 0.1) is 0 Å². The molecule has 0 radical (unpaired) electrons. The molecular formula is CK2MnNaO7. The Balaban J connectivity index is -0.0000000221. The van der Waals surface area contributed by atoms with Crippen molar-refractivity contribution in [3.8, 4) is 0 Å². The third-order valence-electron chi connectivity index (χ3n) is 0. The van der Waals surface area contributed by atoms with Gasteiger partial charge < -0.3 is 15.0 Å². The number of carboxylic acid groups (broad SMARTS) is 2. The molecule has 0 rings (SSSR count). The maximum atomic E-state index is 8.58. The van der Waals surface area contributed by atoms with Crippen LogP contribution in [0.3, 0.4) is 0 Å². The summed E-state index contributed by atoms with van der Waals surface area (Å²) < 4.78 is 34.3. The Bertz CT molecular complexity index is 207. The Kier molecular flexibility index (Phi) is 41.4. The van der Waals surface area contributed by atoms with Gasteiger partial charge in [0.25, 0.3) is 0 Å². The van der Waals surface area contributed by atoms with Gasteiger partial charge in [-0.2, -0.15) is 0 Å². The Hall–Kier alpha value is 3.42. The molecule has 0 aliphatic rings. The van der Waals surface area contributed by atoms with Crippen LogP contribution in [-0.4, -0.2) is 6.16 Å². The van der Waals surface area contributed by atoms with Crippen LogP contribution >= 0.6 is 0 Å². The molecule has 0 heterocycles. The number of carbonyl (C=O) groups excluding carboxylic acids is 1. The van der Waals surface area contributed by atoms with E-state index in [1.165, 1.54) is 0 Å². The molecule has 11 heteroatoms. The van der Waals surface area contributed by atoms with E-state index in [-0.39, 0.29) is 132 Å². The van der Waals surface area contributed by atoms with Crippen molar-refractivity contribution in [1.29, 1.82) is 0 Å². The number of rotatable bonds is 0. The number of hydrogen-bond donors (Lipinski definition) is 0. The van der Waals surface area contributed by atoms with Crippen LogP contribution in [0.1, 0.15) is 0 Å². The van der Waals surface area contributed by atoms with Crippen molar-refractivity contribution in [3.05, 3.63) is 0 Å². The van der Waals surface area contributed by atoms with Crippen molar-refractivity contribution >= 4 is 6.16 Å². The summed E-state index contributed by atoms with van der Waals surface area (Å²) in [7, 11) is 0. The fourth-order valence-electron chi connectivity index (χ4n) is 0. The van der Waals surface area contributed by atoms with E-state index in [9.17, 15) is 0 Å². The van der Waals surface area contributed by atoms with Crippen LogP contribution in [0.15, 0.2) is 0 Å². The van der Waals surface area contributed by atoms with Crippen molar-refractivity contribution in [2.24, 2.45) is 0 Å². The van der Waals surface area contributed by atoms with Crippen LogP contribution in [0.25, 0.3) is 0 Å². The molecule has 0 fully saturated rings. The van der Waals surface area contributed by atoms with Crippen molar-refractivity contribution in [3.63, 3.8) is 0 Å². The van der Waals surface area contributed by atoms with E-state index in [4.69, 9.17) is 30.7 Å². The number of carbonyl (C=O) groups is 1. The molecule has 7 nitrogen and oxygen atoms in total. The van der Waals surface area contributed by atoms with Gasteiger partial charge in [-0.1, -0.05) is 0 Å². The Labute approximate surface area is 177 Å². The molecule has 0 bridgehead atoms. The first kappa shape index (κ1) is 29.5. The van der Waals surface area contributed by atoms with E-state index < -0.39 is 19.1 Å². The molecule has 0 aliphatic heterocycles. The second kappa shape index (κ2) is 16.8. The fraction of sp³-hybridized carbons (Fsp3) is 0. The molecule has 0 aromatic carbocycles. The molecule has 0 amide bonds. The average molecular weight is 280 g/mol. The molecule has 0 aromatic heterocycles. The minimum atomic E-state index is -5.62. The van der Waals surface area contributed by atoms with E-state index in [1.54, 1.807) is 0 Å². The summed E-state index contributed by atoms with van der Waals surface area (Å²) >= 11 is -5.62. The van der Waals surface area contributed by atoms with Gasteiger partial charge in [-0.15, -0.1) is 0 Å². The van der Waals surface area contributed by atoms with Crippen LogP contribution in [0.4, 0.5) is 4.79 Å².